The van der Waals surface area contributed by atoms with E-state index in [1.54, 1.807) is 13.0 Å². The van der Waals surface area contributed by atoms with Gasteiger partial charge < -0.3 is 5.73 Å². The molecular weight excluding hydrogens is 255 g/mol. The molecule has 2 N–H and O–H groups in total. The average Bonchev–Trinajstić information content (AvgIpc) is 2.32. The first-order chi connectivity index (χ1) is 8.73. The molecule has 0 heterocycles. The summed E-state index contributed by atoms with van der Waals surface area (Å²) in [6, 6.07) is 0. The second-order valence-electron chi connectivity index (χ2n) is 4.68. The monoisotopic (exact) mass is 273 g/mol. The van der Waals surface area contributed by atoms with Gasteiger partial charge in [0.1, 0.15) is 5.54 Å². The van der Waals surface area contributed by atoms with Gasteiger partial charge in [0, 0.05) is 6.42 Å². The van der Waals surface area contributed by atoms with Crippen molar-refractivity contribution in [1.29, 1.82) is 0 Å². The Morgan fingerprint density at radius 2 is 2.05 bits per heavy atom. The number of hydrogen-bond acceptors (Lipinski definition) is 2. The molecule has 1 unspecified atom stereocenters. The van der Waals surface area contributed by atoms with Crippen LogP contribution in [0.25, 0.3) is 0 Å². The smallest absolute Gasteiger partial charge is 0.315 e. The molecular formula is C14H18F3NO. The zero-order valence-electron chi connectivity index (χ0n) is 10.9. The second-order valence-corrected chi connectivity index (χ2v) is 4.68. The molecule has 0 aromatic heterocycles. The van der Waals surface area contributed by atoms with Crippen molar-refractivity contribution in [2.24, 2.45) is 5.73 Å². The van der Waals surface area contributed by atoms with E-state index < -0.39 is 17.3 Å². The van der Waals surface area contributed by atoms with E-state index in [4.69, 9.17) is 5.73 Å². The predicted octanol–water partition coefficient (Wildman–Crippen LogP) is 3.45. The number of halogens is 3. The quantitative estimate of drug-likeness (QED) is 0.800. The number of rotatable bonds is 3. The minimum absolute atomic E-state index is 0.217. The molecule has 106 valence electrons. The van der Waals surface area contributed by atoms with E-state index >= 15 is 0 Å². The van der Waals surface area contributed by atoms with Crippen LogP contribution in [0.3, 0.4) is 0 Å². The summed E-state index contributed by atoms with van der Waals surface area (Å²) in [5.41, 5.74) is 3.15. The van der Waals surface area contributed by atoms with Crippen LogP contribution in [0.2, 0.25) is 0 Å². The summed E-state index contributed by atoms with van der Waals surface area (Å²) in [6.07, 6.45) is 1.45. The van der Waals surface area contributed by atoms with Crippen LogP contribution < -0.4 is 5.73 Å². The van der Waals surface area contributed by atoms with Crippen molar-refractivity contribution in [2.45, 2.75) is 44.3 Å². The summed E-state index contributed by atoms with van der Waals surface area (Å²) in [7, 11) is 0. The first-order valence-electron chi connectivity index (χ1n) is 6.15. The predicted molar refractivity (Wildman–Crippen MR) is 68.5 cm³/mol. The summed E-state index contributed by atoms with van der Waals surface area (Å²) in [5, 5.41) is 0. The molecule has 1 aliphatic rings. The number of hydrogen-bond donors (Lipinski definition) is 1. The van der Waals surface area contributed by atoms with Gasteiger partial charge in [0.2, 0.25) is 0 Å². The van der Waals surface area contributed by atoms with Crippen molar-refractivity contribution in [3.05, 3.63) is 36.0 Å². The van der Waals surface area contributed by atoms with Gasteiger partial charge in [-0.2, -0.15) is 13.2 Å². The third-order valence-electron chi connectivity index (χ3n) is 3.33. The molecule has 1 saturated carbocycles. The summed E-state index contributed by atoms with van der Waals surface area (Å²) < 4.78 is 38.5. The molecule has 0 bridgehead atoms. The standard InChI is InChI=1S/C14H18F3NO/c1-3-4-7-11(10(2)14(15,16)17)13(18)9-6-5-8-12(13)19/h3-4,7H,2,5-6,8-9,18H2,1H3/b4-3-,11-7+. The number of Topliss-reactive ketones (excluding diaryl/α,β-unsaturated/α-hetero) is 1. The zero-order valence-corrected chi connectivity index (χ0v) is 10.9. The Morgan fingerprint density at radius 1 is 1.42 bits per heavy atom. The van der Waals surface area contributed by atoms with Gasteiger partial charge in [0.15, 0.2) is 5.78 Å². The molecule has 0 aromatic rings. The maximum Gasteiger partial charge on any atom is 0.416 e. The summed E-state index contributed by atoms with van der Waals surface area (Å²) >= 11 is 0. The van der Waals surface area contributed by atoms with E-state index in [9.17, 15) is 18.0 Å². The third-order valence-corrected chi connectivity index (χ3v) is 3.33. The van der Waals surface area contributed by atoms with E-state index in [-0.39, 0.29) is 24.2 Å². The Hall–Kier alpha value is -1.36. The Kier molecular flexibility index (Phi) is 4.74. The molecule has 0 spiro atoms. The summed E-state index contributed by atoms with van der Waals surface area (Å²) in [5.74, 6) is -0.347. The molecule has 1 rings (SSSR count). The van der Waals surface area contributed by atoms with E-state index in [0.717, 1.165) is 0 Å². The van der Waals surface area contributed by atoms with Gasteiger partial charge in [-0.05, 0) is 25.3 Å². The molecule has 0 saturated heterocycles. The van der Waals surface area contributed by atoms with Gasteiger partial charge in [-0.15, -0.1) is 0 Å². The highest BCUT2D eigenvalue weighted by Gasteiger charge is 2.46. The van der Waals surface area contributed by atoms with Gasteiger partial charge >= 0.3 is 6.18 Å². The minimum Gasteiger partial charge on any atom is -0.315 e. The maximum atomic E-state index is 12.8. The van der Waals surface area contributed by atoms with Crippen molar-refractivity contribution in [2.75, 3.05) is 0 Å². The lowest BCUT2D eigenvalue weighted by atomic mass is 9.73. The lowest BCUT2D eigenvalue weighted by Crippen LogP contribution is -2.52. The van der Waals surface area contributed by atoms with Gasteiger partial charge in [-0.25, -0.2) is 0 Å². The first kappa shape index (κ1) is 15.7. The maximum absolute atomic E-state index is 12.8. The van der Waals surface area contributed by atoms with E-state index in [1.165, 1.54) is 12.2 Å². The van der Waals surface area contributed by atoms with Gasteiger partial charge in [-0.3, -0.25) is 4.79 Å². The Labute approximate surface area is 110 Å². The SMILES string of the molecule is C=C(/C(=C\C=C/C)C1(N)CCCCC1=O)C(F)(F)F. The Balaban J connectivity index is 3.25. The van der Waals surface area contributed by atoms with Crippen LogP contribution in [-0.4, -0.2) is 17.5 Å². The Morgan fingerprint density at radius 3 is 2.53 bits per heavy atom. The second kappa shape index (κ2) is 5.74. The van der Waals surface area contributed by atoms with Crippen molar-refractivity contribution in [1.82, 2.24) is 0 Å². The molecule has 1 fully saturated rings. The summed E-state index contributed by atoms with van der Waals surface area (Å²) in [6.45, 7) is 4.75. The molecule has 0 amide bonds. The van der Waals surface area contributed by atoms with E-state index in [2.05, 4.69) is 6.58 Å². The fraction of sp³-hybridized carbons (Fsp3) is 0.500. The fourth-order valence-electron chi connectivity index (χ4n) is 2.20. The molecule has 5 heteroatoms. The van der Waals surface area contributed by atoms with Gasteiger partial charge in [0.25, 0.3) is 0 Å². The molecule has 2 nitrogen and oxygen atoms in total. The highest BCUT2D eigenvalue weighted by atomic mass is 19.4. The molecule has 0 aliphatic heterocycles. The van der Waals surface area contributed by atoms with Crippen molar-refractivity contribution < 1.29 is 18.0 Å². The number of nitrogens with two attached hydrogens (primary N) is 1. The van der Waals surface area contributed by atoms with Crippen molar-refractivity contribution in [3.63, 3.8) is 0 Å². The topological polar surface area (TPSA) is 43.1 Å². The zero-order chi connectivity index (χ0) is 14.7. The van der Waals surface area contributed by atoms with Crippen LogP contribution in [0.1, 0.15) is 32.6 Å². The molecule has 0 aromatic carbocycles. The van der Waals surface area contributed by atoms with Crippen LogP contribution in [-0.2, 0) is 4.79 Å². The van der Waals surface area contributed by atoms with Gasteiger partial charge in [-0.1, -0.05) is 31.2 Å². The van der Waals surface area contributed by atoms with Crippen LogP contribution in [0.4, 0.5) is 13.2 Å². The minimum atomic E-state index is -4.59. The van der Waals surface area contributed by atoms with Crippen molar-refractivity contribution in [3.8, 4) is 0 Å². The lowest BCUT2D eigenvalue weighted by Gasteiger charge is -2.35. The molecule has 1 atom stereocenters. The Bertz CT molecular complexity index is 434. The lowest BCUT2D eigenvalue weighted by molar-refractivity contribution is -0.125. The number of ketones is 1. The number of carbonyl (C=O) groups excluding carboxylic acids is 1. The highest BCUT2D eigenvalue weighted by Crippen LogP contribution is 2.39. The fourth-order valence-corrected chi connectivity index (χ4v) is 2.20. The normalized spacial score (nSPS) is 25.9. The largest absolute Gasteiger partial charge is 0.416 e. The van der Waals surface area contributed by atoms with Crippen LogP contribution in [0, 0.1) is 0 Å². The number of carbonyl (C=O) groups is 1. The average molecular weight is 273 g/mol. The van der Waals surface area contributed by atoms with Crippen molar-refractivity contribution >= 4 is 5.78 Å². The highest BCUT2D eigenvalue weighted by molar-refractivity contribution is 5.93. The first-order valence-corrected chi connectivity index (χ1v) is 6.15. The number of allylic oxidation sites excluding steroid dienone is 3. The van der Waals surface area contributed by atoms with E-state index in [1.807, 2.05) is 0 Å². The van der Waals surface area contributed by atoms with Gasteiger partial charge in [0.05, 0.1) is 5.57 Å². The number of alkyl halides is 3. The summed E-state index contributed by atoms with van der Waals surface area (Å²) in [4.78, 5) is 12.0. The molecule has 19 heavy (non-hydrogen) atoms. The van der Waals surface area contributed by atoms with Crippen LogP contribution in [0.5, 0.6) is 0 Å². The molecule has 1 aliphatic carbocycles. The molecule has 0 radical (unpaired) electrons. The van der Waals surface area contributed by atoms with Crippen LogP contribution in [0.15, 0.2) is 36.0 Å². The van der Waals surface area contributed by atoms with E-state index in [0.29, 0.717) is 12.8 Å². The third kappa shape index (κ3) is 3.35. The van der Waals surface area contributed by atoms with Crippen LogP contribution >= 0.6 is 0 Å².